The molecule has 8 nitrogen and oxygen atoms in total. The molecule has 3 N–H and O–H groups in total. The minimum Gasteiger partial charge on any atom is -0.382 e. The summed E-state index contributed by atoms with van der Waals surface area (Å²) >= 11 is 0. The third-order valence-corrected chi connectivity index (χ3v) is 7.41. The van der Waals surface area contributed by atoms with E-state index in [4.69, 9.17) is 14.7 Å². The van der Waals surface area contributed by atoms with Crippen LogP contribution in [0.25, 0.3) is 11.2 Å². The molecule has 36 heavy (non-hydrogen) atoms. The van der Waals surface area contributed by atoms with Crippen LogP contribution in [0, 0.1) is 19.8 Å². The summed E-state index contributed by atoms with van der Waals surface area (Å²) in [5, 5.41) is 9.98. The molecular weight excluding hydrogens is 452 g/mol. The van der Waals surface area contributed by atoms with E-state index in [1.54, 1.807) is 0 Å². The predicted octanol–water partition coefficient (Wildman–Crippen LogP) is 3.69. The topological polar surface area (TPSA) is 93.1 Å². The monoisotopic (exact) mass is 490 g/mol. The molecule has 0 spiro atoms. The molecule has 5 rings (SSSR count). The third-order valence-electron chi connectivity index (χ3n) is 7.41. The summed E-state index contributed by atoms with van der Waals surface area (Å²) in [6, 6.07) is 11.2. The minimum atomic E-state index is -0.196. The molecule has 0 bridgehead atoms. The van der Waals surface area contributed by atoms with Gasteiger partial charge in [-0.1, -0.05) is 19.1 Å². The first-order valence-electron chi connectivity index (χ1n) is 13.3. The molecular formula is C28H38N6O2. The number of morpholine rings is 1. The van der Waals surface area contributed by atoms with E-state index in [1.807, 2.05) is 6.92 Å². The van der Waals surface area contributed by atoms with Gasteiger partial charge in [0.05, 0.1) is 13.2 Å². The molecule has 1 aliphatic carbocycles. The van der Waals surface area contributed by atoms with Crippen LogP contribution >= 0.6 is 0 Å². The zero-order valence-electron chi connectivity index (χ0n) is 21.6. The van der Waals surface area contributed by atoms with Crippen LogP contribution in [0.1, 0.15) is 55.3 Å². The summed E-state index contributed by atoms with van der Waals surface area (Å²) in [6.07, 6.45) is 4.48. The van der Waals surface area contributed by atoms with Crippen molar-refractivity contribution in [2.24, 2.45) is 5.92 Å². The van der Waals surface area contributed by atoms with Crippen LogP contribution in [0.3, 0.4) is 0 Å². The standard InChI is InChI=1S/C28H38N6O2/c1-4-24-32-26-18(2)15-19(3)30-27(26)34(24)17-20-5-9-22(10-6-20)31-23-11-7-21(8-12-23)28(35)33-25-16-29-13-14-36-25/h5-6,9-10,15,21,23,25,29,31H,4,7-8,11-14,16-17H2,1-3H3,(H,33,35). The Bertz CT molecular complexity index is 1190. The van der Waals surface area contributed by atoms with Crippen molar-refractivity contribution in [3.8, 4) is 0 Å². The minimum absolute atomic E-state index is 0.0783. The highest BCUT2D eigenvalue weighted by molar-refractivity contribution is 5.79. The average molecular weight is 491 g/mol. The Labute approximate surface area is 213 Å². The maximum Gasteiger partial charge on any atom is 0.225 e. The molecule has 1 unspecified atom stereocenters. The molecule has 1 amide bonds. The fraction of sp³-hybridized carbons (Fsp3) is 0.536. The van der Waals surface area contributed by atoms with Crippen molar-refractivity contribution in [2.75, 3.05) is 25.0 Å². The lowest BCUT2D eigenvalue weighted by molar-refractivity contribution is -0.131. The molecule has 3 aromatic rings. The number of imidazole rings is 1. The van der Waals surface area contributed by atoms with Gasteiger partial charge in [0.2, 0.25) is 5.91 Å². The molecule has 1 aliphatic heterocycles. The van der Waals surface area contributed by atoms with Crippen LogP contribution < -0.4 is 16.0 Å². The van der Waals surface area contributed by atoms with Gasteiger partial charge in [0.15, 0.2) is 5.65 Å². The van der Waals surface area contributed by atoms with Crippen molar-refractivity contribution in [3.05, 3.63) is 53.0 Å². The second kappa shape index (κ2) is 11.0. The van der Waals surface area contributed by atoms with Gasteiger partial charge in [-0.3, -0.25) is 4.79 Å². The van der Waals surface area contributed by atoms with Gasteiger partial charge in [0, 0.05) is 42.9 Å². The van der Waals surface area contributed by atoms with Crippen molar-refractivity contribution in [1.82, 2.24) is 25.2 Å². The van der Waals surface area contributed by atoms with Crippen molar-refractivity contribution >= 4 is 22.8 Å². The summed E-state index contributed by atoms with van der Waals surface area (Å²) in [5.41, 5.74) is 6.54. The van der Waals surface area contributed by atoms with Gasteiger partial charge in [-0.05, 0) is 68.9 Å². The molecule has 192 valence electrons. The van der Waals surface area contributed by atoms with Gasteiger partial charge in [-0.15, -0.1) is 0 Å². The number of hydrogen-bond donors (Lipinski definition) is 3. The molecule has 0 radical (unpaired) electrons. The maximum atomic E-state index is 12.6. The van der Waals surface area contributed by atoms with Crippen LogP contribution in [-0.2, 0) is 22.5 Å². The first kappa shape index (κ1) is 24.7. The number of amides is 1. The van der Waals surface area contributed by atoms with Gasteiger partial charge in [0.25, 0.3) is 0 Å². The van der Waals surface area contributed by atoms with Crippen LogP contribution in [0.2, 0.25) is 0 Å². The Kier molecular flexibility index (Phi) is 7.53. The first-order chi connectivity index (χ1) is 17.5. The Morgan fingerprint density at radius 2 is 1.92 bits per heavy atom. The van der Waals surface area contributed by atoms with Crippen molar-refractivity contribution in [3.63, 3.8) is 0 Å². The van der Waals surface area contributed by atoms with E-state index in [-0.39, 0.29) is 18.1 Å². The second-order valence-electron chi connectivity index (χ2n) is 10.2. The normalized spacial score (nSPS) is 22.5. The number of carbonyl (C=O) groups excluding carboxylic acids is 1. The number of aryl methyl sites for hydroxylation is 3. The van der Waals surface area contributed by atoms with Crippen molar-refractivity contribution in [2.45, 2.75) is 71.7 Å². The van der Waals surface area contributed by atoms with E-state index in [2.05, 4.69) is 64.7 Å². The van der Waals surface area contributed by atoms with E-state index in [9.17, 15) is 4.79 Å². The smallest absolute Gasteiger partial charge is 0.225 e. The zero-order valence-corrected chi connectivity index (χ0v) is 21.6. The molecule has 2 fully saturated rings. The number of ether oxygens (including phenoxy) is 1. The molecule has 2 aromatic heterocycles. The SMILES string of the molecule is CCc1nc2c(C)cc(C)nc2n1Cc1ccc(NC2CCC(C(=O)NC3CNCCO3)CC2)cc1. The van der Waals surface area contributed by atoms with Crippen LogP contribution in [0.4, 0.5) is 5.69 Å². The lowest BCUT2D eigenvalue weighted by Gasteiger charge is -2.31. The number of hydrogen-bond acceptors (Lipinski definition) is 6. The number of benzene rings is 1. The zero-order chi connectivity index (χ0) is 25.1. The molecule has 1 saturated heterocycles. The van der Waals surface area contributed by atoms with E-state index in [0.717, 1.165) is 73.6 Å². The first-order valence-corrected chi connectivity index (χ1v) is 13.3. The highest BCUT2D eigenvalue weighted by atomic mass is 16.5. The van der Waals surface area contributed by atoms with E-state index in [0.29, 0.717) is 19.2 Å². The highest BCUT2D eigenvalue weighted by Gasteiger charge is 2.28. The van der Waals surface area contributed by atoms with Crippen molar-refractivity contribution < 1.29 is 9.53 Å². The number of nitrogens with one attached hydrogen (secondary N) is 3. The number of carbonyl (C=O) groups is 1. The Morgan fingerprint density at radius 1 is 1.14 bits per heavy atom. The number of pyridine rings is 1. The number of fused-ring (bicyclic) bond motifs is 1. The number of anilines is 1. The second-order valence-corrected chi connectivity index (χ2v) is 10.2. The van der Waals surface area contributed by atoms with E-state index < -0.39 is 0 Å². The van der Waals surface area contributed by atoms with Gasteiger partial charge < -0.3 is 25.3 Å². The molecule has 2 aliphatic rings. The van der Waals surface area contributed by atoms with E-state index >= 15 is 0 Å². The molecule has 1 aromatic carbocycles. The summed E-state index contributed by atoms with van der Waals surface area (Å²) in [6.45, 7) is 9.24. The summed E-state index contributed by atoms with van der Waals surface area (Å²) < 4.78 is 7.86. The summed E-state index contributed by atoms with van der Waals surface area (Å²) in [5.74, 6) is 1.28. The van der Waals surface area contributed by atoms with Crippen LogP contribution in [-0.4, -0.2) is 52.4 Å². The maximum absolute atomic E-state index is 12.6. The lowest BCUT2D eigenvalue weighted by Crippen LogP contribution is -2.50. The predicted molar refractivity (Wildman–Crippen MR) is 142 cm³/mol. The van der Waals surface area contributed by atoms with Gasteiger partial charge in [0.1, 0.15) is 17.6 Å². The summed E-state index contributed by atoms with van der Waals surface area (Å²) in [7, 11) is 0. The lowest BCUT2D eigenvalue weighted by atomic mass is 9.85. The number of aromatic nitrogens is 3. The Morgan fingerprint density at radius 3 is 2.61 bits per heavy atom. The van der Waals surface area contributed by atoms with Gasteiger partial charge >= 0.3 is 0 Å². The highest BCUT2D eigenvalue weighted by Crippen LogP contribution is 2.27. The molecule has 8 heteroatoms. The summed E-state index contributed by atoms with van der Waals surface area (Å²) in [4.78, 5) is 22.3. The van der Waals surface area contributed by atoms with Crippen LogP contribution in [0.15, 0.2) is 30.3 Å². The molecule has 1 atom stereocenters. The van der Waals surface area contributed by atoms with E-state index in [1.165, 1.54) is 11.1 Å². The molecule has 3 heterocycles. The van der Waals surface area contributed by atoms with Crippen LogP contribution in [0.5, 0.6) is 0 Å². The quantitative estimate of drug-likeness (QED) is 0.468. The fourth-order valence-corrected chi connectivity index (χ4v) is 5.44. The number of nitrogens with zero attached hydrogens (tertiary/aromatic N) is 3. The van der Waals surface area contributed by atoms with Gasteiger partial charge in [-0.2, -0.15) is 0 Å². The number of rotatable bonds is 7. The third kappa shape index (κ3) is 5.55. The largest absolute Gasteiger partial charge is 0.382 e. The Hall–Kier alpha value is -2.97. The average Bonchev–Trinajstić information content (AvgIpc) is 3.24. The van der Waals surface area contributed by atoms with Crippen molar-refractivity contribution in [1.29, 1.82) is 0 Å². The fourth-order valence-electron chi connectivity index (χ4n) is 5.44. The Balaban J connectivity index is 1.16. The molecule has 1 saturated carbocycles. The van der Waals surface area contributed by atoms with Gasteiger partial charge in [-0.25, -0.2) is 9.97 Å².